The Kier molecular flexibility index (Phi) is 4.15. The second-order valence-electron chi connectivity index (χ2n) is 5.13. The number of hydrogen-bond acceptors (Lipinski definition) is 5. The number of aryl methyl sites for hydroxylation is 1. The highest BCUT2D eigenvalue weighted by Gasteiger charge is 2.19. The van der Waals surface area contributed by atoms with Crippen molar-refractivity contribution < 1.29 is 4.74 Å². The Labute approximate surface area is 124 Å². The Morgan fingerprint density at radius 2 is 2.24 bits per heavy atom. The maximum Gasteiger partial charge on any atom is 0.180 e. The third-order valence-corrected chi connectivity index (χ3v) is 3.57. The summed E-state index contributed by atoms with van der Waals surface area (Å²) in [5.41, 5.74) is 3.16. The molecule has 1 aliphatic rings. The zero-order valence-electron chi connectivity index (χ0n) is 12.6. The number of nitrogens with one attached hydrogen (secondary N) is 1. The number of anilines is 1. The van der Waals surface area contributed by atoms with E-state index in [1.807, 2.05) is 12.5 Å². The minimum atomic E-state index is 0.589. The van der Waals surface area contributed by atoms with E-state index in [1.54, 1.807) is 0 Å². The molecule has 0 atom stereocenters. The zero-order valence-corrected chi connectivity index (χ0v) is 12.6. The molecule has 0 aliphatic carbocycles. The second-order valence-corrected chi connectivity index (χ2v) is 5.13. The predicted molar refractivity (Wildman–Crippen MR) is 81.1 cm³/mol. The molecule has 21 heavy (non-hydrogen) atoms. The molecule has 3 heterocycles. The highest BCUT2D eigenvalue weighted by Crippen LogP contribution is 2.26. The fraction of sp³-hybridized carbons (Fsp3) is 0.533. The first-order chi connectivity index (χ1) is 10.3. The summed E-state index contributed by atoms with van der Waals surface area (Å²) in [6.07, 6.45) is 5.58. The summed E-state index contributed by atoms with van der Waals surface area (Å²) in [6, 6.07) is 0. The van der Waals surface area contributed by atoms with Crippen LogP contribution in [-0.2, 0) is 24.3 Å². The van der Waals surface area contributed by atoms with E-state index < -0.39 is 0 Å². The van der Waals surface area contributed by atoms with Gasteiger partial charge in [0.25, 0.3) is 0 Å². The lowest BCUT2D eigenvalue weighted by Crippen LogP contribution is -2.17. The van der Waals surface area contributed by atoms with E-state index in [0.29, 0.717) is 6.61 Å². The maximum absolute atomic E-state index is 5.54. The smallest absolute Gasteiger partial charge is 0.180 e. The van der Waals surface area contributed by atoms with Crippen LogP contribution in [0.5, 0.6) is 0 Å². The fourth-order valence-corrected chi connectivity index (χ4v) is 2.59. The van der Waals surface area contributed by atoms with Gasteiger partial charge in [0.2, 0.25) is 0 Å². The van der Waals surface area contributed by atoms with Crippen LogP contribution in [0.4, 0.5) is 5.82 Å². The van der Waals surface area contributed by atoms with Crippen LogP contribution in [0.15, 0.2) is 12.5 Å². The van der Waals surface area contributed by atoms with Crippen molar-refractivity contribution in [2.75, 3.05) is 18.5 Å². The highest BCUT2D eigenvalue weighted by molar-refractivity contribution is 5.57. The van der Waals surface area contributed by atoms with Gasteiger partial charge >= 0.3 is 0 Å². The second kappa shape index (κ2) is 6.22. The maximum atomic E-state index is 5.54. The Morgan fingerprint density at radius 1 is 1.33 bits per heavy atom. The molecule has 1 N–H and O–H groups in total. The van der Waals surface area contributed by atoms with Crippen LogP contribution in [0.25, 0.3) is 11.5 Å². The van der Waals surface area contributed by atoms with Gasteiger partial charge < -0.3 is 14.6 Å². The van der Waals surface area contributed by atoms with Crippen molar-refractivity contribution in [1.82, 2.24) is 19.5 Å². The molecule has 6 heteroatoms. The monoisotopic (exact) mass is 287 g/mol. The Hall–Kier alpha value is -1.95. The van der Waals surface area contributed by atoms with E-state index in [1.165, 1.54) is 0 Å². The van der Waals surface area contributed by atoms with Gasteiger partial charge in [-0.05, 0) is 13.3 Å². The predicted octanol–water partition coefficient (Wildman–Crippen LogP) is 2.25. The van der Waals surface area contributed by atoms with E-state index in [0.717, 1.165) is 61.1 Å². The molecular formula is C15H21N5O. The van der Waals surface area contributed by atoms with Gasteiger partial charge in [0, 0.05) is 25.1 Å². The van der Waals surface area contributed by atoms with Gasteiger partial charge in [-0.3, -0.25) is 0 Å². The lowest BCUT2D eigenvalue weighted by molar-refractivity contribution is 0.109. The summed E-state index contributed by atoms with van der Waals surface area (Å²) < 4.78 is 7.65. The molecule has 0 amide bonds. The highest BCUT2D eigenvalue weighted by atomic mass is 16.5. The normalized spacial score (nSPS) is 14.0. The van der Waals surface area contributed by atoms with Crippen molar-refractivity contribution in [3.8, 4) is 11.5 Å². The van der Waals surface area contributed by atoms with Crippen LogP contribution >= 0.6 is 0 Å². The average molecular weight is 287 g/mol. The third-order valence-electron chi connectivity index (χ3n) is 3.57. The Bertz CT molecular complexity index is 623. The van der Waals surface area contributed by atoms with Gasteiger partial charge in [0.15, 0.2) is 5.82 Å². The topological polar surface area (TPSA) is 64.9 Å². The van der Waals surface area contributed by atoms with Crippen LogP contribution in [0, 0.1) is 0 Å². The average Bonchev–Trinajstić information content (AvgIpc) is 2.96. The van der Waals surface area contributed by atoms with Crippen molar-refractivity contribution in [2.45, 2.75) is 39.8 Å². The van der Waals surface area contributed by atoms with E-state index >= 15 is 0 Å². The molecule has 0 fully saturated rings. The molecule has 2 aromatic rings. The van der Waals surface area contributed by atoms with E-state index in [-0.39, 0.29) is 0 Å². The molecule has 0 bridgehead atoms. The van der Waals surface area contributed by atoms with Crippen molar-refractivity contribution in [2.24, 2.45) is 0 Å². The first kappa shape index (κ1) is 14.0. The van der Waals surface area contributed by atoms with Gasteiger partial charge in [0.05, 0.1) is 31.4 Å². The molecule has 3 rings (SSSR count). The molecule has 1 aliphatic heterocycles. The number of aromatic nitrogens is 4. The molecule has 0 radical (unpaired) electrons. The van der Waals surface area contributed by atoms with Gasteiger partial charge in [-0.2, -0.15) is 0 Å². The molecule has 0 saturated carbocycles. The summed E-state index contributed by atoms with van der Waals surface area (Å²) in [5.74, 6) is 1.64. The molecule has 0 aromatic carbocycles. The first-order valence-corrected chi connectivity index (χ1v) is 7.55. The van der Waals surface area contributed by atoms with Crippen LogP contribution < -0.4 is 5.32 Å². The van der Waals surface area contributed by atoms with Crippen LogP contribution in [0.2, 0.25) is 0 Å². The van der Waals surface area contributed by atoms with Crippen LogP contribution in [0.1, 0.15) is 31.5 Å². The standard InChI is InChI=1S/C15H21N5O/c1-3-6-20-10-16-8-13(20)15-18-12-5-7-21-9-11(12)14(19-15)17-4-2/h8,10H,3-7,9H2,1-2H3,(H,17,18,19). The Morgan fingerprint density at radius 3 is 3.05 bits per heavy atom. The molecule has 112 valence electrons. The number of fused-ring (bicyclic) bond motifs is 1. The van der Waals surface area contributed by atoms with Gasteiger partial charge in [-0.15, -0.1) is 0 Å². The first-order valence-electron chi connectivity index (χ1n) is 7.55. The summed E-state index contributed by atoms with van der Waals surface area (Å²) in [7, 11) is 0. The molecule has 0 unspecified atom stereocenters. The number of hydrogen-bond donors (Lipinski definition) is 1. The van der Waals surface area contributed by atoms with E-state index in [9.17, 15) is 0 Å². The largest absolute Gasteiger partial charge is 0.376 e. The van der Waals surface area contributed by atoms with Crippen molar-refractivity contribution in [3.63, 3.8) is 0 Å². The number of nitrogens with zero attached hydrogens (tertiary/aromatic N) is 4. The number of imidazole rings is 1. The van der Waals surface area contributed by atoms with Gasteiger partial charge in [-0.1, -0.05) is 6.92 Å². The van der Waals surface area contributed by atoms with Crippen molar-refractivity contribution in [3.05, 3.63) is 23.8 Å². The quantitative estimate of drug-likeness (QED) is 0.913. The molecule has 6 nitrogen and oxygen atoms in total. The van der Waals surface area contributed by atoms with Crippen LogP contribution in [0.3, 0.4) is 0 Å². The summed E-state index contributed by atoms with van der Waals surface area (Å²) in [6.45, 7) is 7.29. The van der Waals surface area contributed by atoms with Crippen LogP contribution in [-0.4, -0.2) is 32.7 Å². The van der Waals surface area contributed by atoms with Crippen molar-refractivity contribution >= 4 is 5.82 Å². The van der Waals surface area contributed by atoms with Gasteiger partial charge in [0.1, 0.15) is 11.5 Å². The summed E-state index contributed by atoms with van der Waals surface area (Å²) in [5, 5.41) is 3.33. The number of rotatable bonds is 5. The van der Waals surface area contributed by atoms with E-state index in [2.05, 4.69) is 28.7 Å². The summed E-state index contributed by atoms with van der Waals surface area (Å²) >= 11 is 0. The Balaban J connectivity index is 2.06. The van der Waals surface area contributed by atoms with Crippen molar-refractivity contribution in [1.29, 1.82) is 0 Å². The summed E-state index contributed by atoms with van der Waals surface area (Å²) in [4.78, 5) is 13.7. The minimum Gasteiger partial charge on any atom is -0.376 e. The zero-order chi connectivity index (χ0) is 14.7. The molecule has 2 aromatic heterocycles. The molecule has 0 spiro atoms. The lowest BCUT2D eigenvalue weighted by atomic mass is 10.1. The lowest BCUT2D eigenvalue weighted by Gasteiger charge is -2.20. The third kappa shape index (κ3) is 2.76. The SMILES string of the molecule is CCCn1cncc1-c1nc2c(c(NCC)n1)COCC2. The van der Waals surface area contributed by atoms with E-state index in [4.69, 9.17) is 14.7 Å². The van der Waals surface area contributed by atoms with Gasteiger partial charge in [-0.25, -0.2) is 15.0 Å². The fourth-order valence-electron chi connectivity index (χ4n) is 2.59. The molecular weight excluding hydrogens is 266 g/mol. The number of ether oxygens (including phenoxy) is 1. The molecule has 0 saturated heterocycles. The minimum absolute atomic E-state index is 0.589.